The minimum atomic E-state index is -0.145. The number of aromatic nitrogens is 2. The Hall–Kier alpha value is -1.69. The van der Waals surface area contributed by atoms with Gasteiger partial charge in [0, 0.05) is 28.7 Å². The molecule has 0 radical (unpaired) electrons. The van der Waals surface area contributed by atoms with Crippen LogP contribution in [0.1, 0.15) is 35.2 Å². The molecule has 1 aromatic rings. The number of hydrogen-bond donors (Lipinski definition) is 2. The Labute approximate surface area is 117 Å². The third-order valence-corrected chi connectivity index (χ3v) is 3.70. The Bertz CT molecular complexity index is 497. The van der Waals surface area contributed by atoms with Gasteiger partial charge >= 0.3 is 0 Å². The van der Waals surface area contributed by atoms with E-state index in [-0.39, 0.29) is 13.9 Å². The molecule has 2 heterocycles. The molecule has 0 spiro atoms. The Kier molecular flexibility index (Phi) is 3.45. The summed E-state index contributed by atoms with van der Waals surface area (Å²) in [7, 11) is 3.91. The number of anilines is 1. The lowest BCUT2D eigenvalue weighted by molar-refractivity contribution is 0.203. The number of rotatable bonds is 2. The fourth-order valence-electron chi connectivity index (χ4n) is 2.66. The SMILES string of the molecule is CCC.CNC12CC1(c1ccnc(N)n1)C=NN2C.[HH].[HH]. The third-order valence-electron chi connectivity index (χ3n) is 3.70. The van der Waals surface area contributed by atoms with E-state index in [4.69, 9.17) is 5.73 Å². The quantitative estimate of drug-likeness (QED) is 0.847. The zero-order chi connectivity index (χ0) is 14.1. The Balaban J connectivity index is 0.000000742. The van der Waals surface area contributed by atoms with Gasteiger partial charge in [-0.1, -0.05) is 20.3 Å². The second-order valence-electron chi connectivity index (χ2n) is 5.03. The van der Waals surface area contributed by atoms with Crippen molar-refractivity contribution >= 4 is 12.2 Å². The first kappa shape index (κ1) is 13.7. The minimum Gasteiger partial charge on any atom is -0.368 e. The maximum Gasteiger partial charge on any atom is 0.220 e. The predicted molar refractivity (Wildman–Crippen MR) is 81.0 cm³/mol. The molecule has 0 aromatic carbocycles. The van der Waals surface area contributed by atoms with E-state index >= 15 is 0 Å². The van der Waals surface area contributed by atoms with Crippen molar-refractivity contribution in [1.29, 1.82) is 0 Å². The van der Waals surface area contributed by atoms with Crippen molar-refractivity contribution in [1.82, 2.24) is 20.3 Å². The number of fused-ring (bicyclic) bond motifs is 1. The highest BCUT2D eigenvalue weighted by Gasteiger charge is 2.73. The summed E-state index contributed by atoms with van der Waals surface area (Å²) in [5.41, 5.74) is 6.28. The molecule has 108 valence electrons. The van der Waals surface area contributed by atoms with E-state index in [0.29, 0.717) is 5.95 Å². The summed E-state index contributed by atoms with van der Waals surface area (Å²) < 4.78 is 0. The molecule has 3 N–H and O–H groups in total. The Morgan fingerprint density at radius 1 is 1.53 bits per heavy atom. The van der Waals surface area contributed by atoms with Gasteiger partial charge < -0.3 is 5.73 Å². The molecule has 1 fully saturated rings. The summed E-state index contributed by atoms with van der Waals surface area (Å²) in [5.74, 6) is 0.312. The van der Waals surface area contributed by atoms with Gasteiger partial charge in [0.2, 0.25) is 5.95 Å². The van der Waals surface area contributed by atoms with Crippen LogP contribution < -0.4 is 11.1 Å². The van der Waals surface area contributed by atoms with Gasteiger partial charge in [-0.3, -0.25) is 10.3 Å². The van der Waals surface area contributed by atoms with Crippen molar-refractivity contribution in [3.05, 3.63) is 18.0 Å². The predicted octanol–water partition coefficient (Wildman–Crippen LogP) is 1.46. The summed E-state index contributed by atoms with van der Waals surface area (Å²) in [6.07, 6.45) is 5.86. The molecule has 2 unspecified atom stereocenters. The highest BCUT2D eigenvalue weighted by atomic mass is 15.6. The number of nitrogens with two attached hydrogens (primary N) is 1. The normalized spacial score (nSPS) is 30.6. The maximum atomic E-state index is 5.62. The van der Waals surface area contributed by atoms with Gasteiger partial charge in [0.15, 0.2) is 0 Å². The molecule has 0 saturated heterocycles. The van der Waals surface area contributed by atoms with Crippen LogP contribution in [-0.2, 0) is 5.41 Å². The fourth-order valence-corrected chi connectivity index (χ4v) is 2.66. The van der Waals surface area contributed by atoms with Crippen molar-refractivity contribution in [2.75, 3.05) is 19.8 Å². The van der Waals surface area contributed by atoms with Gasteiger partial charge in [0.25, 0.3) is 0 Å². The van der Waals surface area contributed by atoms with E-state index in [1.54, 1.807) is 6.20 Å². The number of nitrogens with zero attached hydrogens (tertiary/aromatic N) is 4. The smallest absolute Gasteiger partial charge is 0.220 e. The van der Waals surface area contributed by atoms with Crippen molar-refractivity contribution in [3.63, 3.8) is 0 Å². The fraction of sp³-hybridized carbons (Fsp3) is 0.615. The average molecular weight is 266 g/mol. The second-order valence-corrected chi connectivity index (χ2v) is 5.03. The summed E-state index contributed by atoms with van der Waals surface area (Å²) in [6.45, 7) is 4.25. The molecule has 0 amide bonds. The van der Waals surface area contributed by atoms with Crippen LogP contribution >= 0.6 is 0 Å². The standard InChI is InChI=1S/C10H14N6.C3H8.2H2/c1-12-10-5-9(10,6-14-16(10)2)7-3-4-13-8(11)15-7;1-3-2;;/h3-4,6,12H,5H2,1-2H3,(H2,11,13,15);3H2,1-2H3;2*1H. The number of hydrazone groups is 1. The van der Waals surface area contributed by atoms with Gasteiger partial charge in [0.05, 0.1) is 11.1 Å². The summed E-state index contributed by atoms with van der Waals surface area (Å²) in [6, 6.07) is 1.90. The van der Waals surface area contributed by atoms with Crippen LogP contribution in [0.15, 0.2) is 17.4 Å². The van der Waals surface area contributed by atoms with Gasteiger partial charge in [-0.15, -0.1) is 0 Å². The van der Waals surface area contributed by atoms with Crippen molar-refractivity contribution < 1.29 is 2.85 Å². The first-order chi connectivity index (χ1) is 9.06. The Morgan fingerprint density at radius 3 is 2.74 bits per heavy atom. The first-order valence-corrected chi connectivity index (χ1v) is 6.63. The molecular weight excluding hydrogens is 240 g/mol. The molecular formula is C13H26N6. The molecule has 2 atom stereocenters. The molecule has 1 aliphatic heterocycles. The van der Waals surface area contributed by atoms with Crippen LogP contribution in [0.2, 0.25) is 0 Å². The zero-order valence-electron chi connectivity index (χ0n) is 12.0. The number of likely N-dealkylation sites (N-methyl/N-ethyl adjacent to an activating group) is 2. The lowest BCUT2D eigenvalue weighted by Gasteiger charge is -2.23. The maximum absolute atomic E-state index is 5.62. The van der Waals surface area contributed by atoms with Crippen LogP contribution in [0.5, 0.6) is 0 Å². The molecule has 1 aromatic heterocycles. The monoisotopic (exact) mass is 266 g/mol. The van der Waals surface area contributed by atoms with Crippen molar-refractivity contribution in [3.8, 4) is 0 Å². The molecule has 1 saturated carbocycles. The van der Waals surface area contributed by atoms with E-state index in [9.17, 15) is 0 Å². The van der Waals surface area contributed by atoms with E-state index in [0.717, 1.165) is 12.1 Å². The highest BCUT2D eigenvalue weighted by Crippen LogP contribution is 2.60. The summed E-state index contributed by atoms with van der Waals surface area (Å²) in [4.78, 5) is 8.22. The largest absolute Gasteiger partial charge is 0.368 e. The van der Waals surface area contributed by atoms with Gasteiger partial charge in [-0.2, -0.15) is 5.10 Å². The van der Waals surface area contributed by atoms with Crippen LogP contribution in [0.25, 0.3) is 0 Å². The first-order valence-electron chi connectivity index (χ1n) is 6.63. The number of nitrogen functional groups attached to an aromatic ring is 1. The van der Waals surface area contributed by atoms with Crippen LogP contribution in [0.3, 0.4) is 0 Å². The highest BCUT2D eigenvalue weighted by molar-refractivity contribution is 5.83. The van der Waals surface area contributed by atoms with E-state index in [1.807, 2.05) is 31.4 Å². The van der Waals surface area contributed by atoms with Crippen LogP contribution in [-0.4, -0.2) is 40.9 Å². The van der Waals surface area contributed by atoms with E-state index in [2.05, 4.69) is 34.2 Å². The number of hydrogen-bond acceptors (Lipinski definition) is 6. The number of nitrogens with one attached hydrogen (secondary N) is 1. The van der Waals surface area contributed by atoms with E-state index in [1.165, 1.54) is 6.42 Å². The van der Waals surface area contributed by atoms with Gasteiger partial charge in [-0.05, 0) is 13.1 Å². The molecule has 0 bridgehead atoms. The lowest BCUT2D eigenvalue weighted by Crippen LogP contribution is -2.44. The molecule has 3 rings (SSSR count). The van der Waals surface area contributed by atoms with E-state index < -0.39 is 0 Å². The Morgan fingerprint density at radius 2 is 2.21 bits per heavy atom. The molecule has 19 heavy (non-hydrogen) atoms. The minimum absolute atomic E-state index is 0. The molecule has 2 aliphatic rings. The van der Waals surface area contributed by atoms with Crippen molar-refractivity contribution in [2.45, 2.75) is 37.8 Å². The molecule has 6 heteroatoms. The van der Waals surface area contributed by atoms with Crippen LogP contribution in [0, 0.1) is 0 Å². The molecule has 1 aliphatic carbocycles. The van der Waals surface area contributed by atoms with Gasteiger partial charge in [-0.25, -0.2) is 9.97 Å². The topological polar surface area (TPSA) is 79.4 Å². The average Bonchev–Trinajstić information content (AvgIpc) is 3.00. The zero-order valence-corrected chi connectivity index (χ0v) is 12.0. The van der Waals surface area contributed by atoms with Gasteiger partial charge in [0.1, 0.15) is 5.66 Å². The summed E-state index contributed by atoms with van der Waals surface area (Å²) >= 11 is 0. The third kappa shape index (κ3) is 1.87. The van der Waals surface area contributed by atoms with Crippen molar-refractivity contribution in [2.24, 2.45) is 5.10 Å². The summed E-state index contributed by atoms with van der Waals surface area (Å²) in [5, 5.41) is 9.61. The molecule has 6 nitrogen and oxygen atoms in total. The second kappa shape index (κ2) is 4.77. The lowest BCUT2D eigenvalue weighted by atomic mass is 10.0. The van der Waals surface area contributed by atoms with Crippen LogP contribution in [0.4, 0.5) is 5.95 Å².